The molecule has 1 unspecified atom stereocenters. The van der Waals surface area contributed by atoms with E-state index in [0.717, 1.165) is 29.4 Å². The lowest BCUT2D eigenvalue weighted by Gasteiger charge is -2.30. The van der Waals surface area contributed by atoms with E-state index in [2.05, 4.69) is 54.9 Å². The Labute approximate surface area is 133 Å². The summed E-state index contributed by atoms with van der Waals surface area (Å²) in [5.41, 5.74) is 7.18. The largest absolute Gasteiger partial charge is 0.330 e. The maximum absolute atomic E-state index is 5.75. The van der Waals surface area contributed by atoms with Gasteiger partial charge in [0.2, 0.25) is 0 Å². The molecular formula is C16H23BrN2S. The molecule has 0 saturated heterocycles. The summed E-state index contributed by atoms with van der Waals surface area (Å²) in [6.07, 6.45) is 3.32. The van der Waals surface area contributed by atoms with Gasteiger partial charge in [-0.1, -0.05) is 36.7 Å². The van der Waals surface area contributed by atoms with Crippen LogP contribution in [0.1, 0.15) is 38.6 Å². The molecule has 20 heavy (non-hydrogen) atoms. The summed E-state index contributed by atoms with van der Waals surface area (Å²) in [6, 6.07) is 6.31. The molecule has 1 aromatic carbocycles. The van der Waals surface area contributed by atoms with E-state index in [1.807, 2.05) is 11.3 Å². The molecule has 1 heterocycles. The van der Waals surface area contributed by atoms with Crippen LogP contribution in [0.2, 0.25) is 0 Å². The molecule has 2 nitrogen and oxygen atoms in total. The van der Waals surface area contributed by atoms with E-state index >= 15 is 0 Å². The monoisotopic (exact) mass is 354 g/mol. The van der Waals surface area contributed by atoms with Gasteiger partial charge in [0.1, 0.15) is 0 Å². The zero-order valence-corrected chi connectivity index (χ0v) is 14.9. The van der Waals surface area contributed by atoms with Crippen LogP contribution in [0.3, 0.4) is 0 Å². The summed E-state index contributed by atoms with van der Waals surface area (Å²) in [7, 11) is 0. The van der Waals surface area contributed by atoms with Gasteiger partial charge in [-0.05, 0) is 55.3 Å². The van der Waals surface area contributed by atoms with E-state index < -0.39 is 0 Å². The SMILES string of the molecule is CC(C)(C)C(CCN)CCc1nc2cc(Br)ccc2s1. The van der Waals surface area contributed by atoms with Crippen molar-refractivity contribution in [2.45, 2.75) is 40.0 Å². The third kappa shape index (κ3) is 4.03. The average Bonchev–Trinajstić information content (AvgIpc) is 2.74. The summed E-state index contributed by atoms with van der Waals surface area (Å²) in [4.78, 5) is 4.74. The minimum atomic E-state index is 0.319. The first kappa shape index (κ1) is 15.9. The molecule has 0 aliphatic rings. The fourth-order valence-corrected chi connectivity index (χ4v) is 3.88. The number of hydrogen-bond donors (Lipinski definition) is 1. The lowest BCUT2D eigenvalue weighted by Crippen LogP contribution is -2.24. The highest BCUT2D eigenvalue weighted by molar-refractivity contribution is 9.10. The van der Waals surface area contributed by atoms with E-state index in [0.29, 0.717) is 11.3 Å². The maximum atomic E-state index is 5.75. The fourth-order valence-electron chi connectivity index (χ4n) is 2.56. The molecule has 0 aliphatic heterocycles. The molecule has 0 bridgehead atoms. The van der Waals surface area contributed by atoms with Crippen LogP contribution in [0.5, 0.6) is 0 Å². The van der Waals surface area contributed by atoms with Crippen molar-refractivity contribution >= 4 is 37.5 Å². The van der Waals surface area contributed by atoms with Crippen molar-refractivity contribution in [1.29, 1.82) is 0 Å². The smallest absolute Gasteiger partial charge is 0.0938 e. The molecule has 2 aromatic rings. The summed E-state index contributed by atoms with van der Waals surface area (Å²) in [5, 5.41) is 1.24. The molecule has 0 saturated carbocycles. The first-order valence-corrected chi connectivity index (χ1v) is 8.76. The number of fused-ring (bicyclic) bond motifs is 1. The van der Waals surface area contributed by atoms with Crippen molar-refractivity contribution in [3.05, 3.63) is 27.7 Å². The Hall–Kier alpha value is -0.450. The van der Waals surface area contributed by atoms with E-state index in [9.17, 15) is 0 Å². The molecule has 1 atom stereocenters. The Kier molecular flexibility index (Phi) is 5.21. The Morgan fingerprint density at radius 3 is 2.70 bits per heavy atom. The highest BCUT2D eigenvalue weighted by Gasteiger charge is 2.23. The Morgan fingerprint density at radius 1 is 1.30 bits per heavy atom. The summed E-state index contributed by atoms with van der Waals surface area (Å²) in [5.74, 6) is 0.659. The van der Waals surface area contributed by atoms with Crippen molar-refractivity contribution in [3.63, 3.8) is 0 Å². The van der Waals surface area contributed by atoms with Crippen molar-refractivity contribution in [1.82, 2.24) is 4.98 Å². The number of rotatable bonds is 5. The van der Waals surface area contributed by atoms with Crippen molar-refractivity contribution in [2.75, 3.05) is 6.54 Å². The quantitative estimate of drug-likeness (QED) is 0.819. The predicted molar refractivity (Wildman–Crippen MR) is 92.3 cm³/mol. The van der Waals surface area contributed by atoms with Crippen LogP contribution in [0.4, 0.5) is 0 Å². The Morgan fingerprint density at radius 2 is 2.05 bits per heavy atom. The number of hydrogen-bond acceptors (Lipinski definition) is 3. The Balaban J connectivity index is 2.07. The van der Waals surface area contributed by atoms with Crippen LogP contribution in [-0.2, 0) is 6.42 Å². The molecule has 1 aromatic heterocycles. The molecule has 2 rings (SSSR count). The minimum absolute atomic E-state index is 0.319. The van der Waals surface area contributed by atoms with Crippen LogP contribution in [0.15, 0.2) is 22.7 Å². The highest BCUT2D eigenvalue weighted by atomic mass is 79.9. The average molecular weight is 355 g/mol. The zero-order valence-electron chi connectivity index (χ0n) is 12.4. The molecule has 0 radical (unpaired) electrons. The zero-order chi connectivity index (χ0) is 14.8. The van der Waals surface area contributed by atoms with E-state index in [1.54, 1.807) is 0 Å². The number of nitrogens with two attached hydrogens (primary N) is 1. The molecule has 0 aliphatic carbocycles. The lowest BCUT2D eigenvalue weighted by atomic mass is 9.76. The van der Waals surface area contributed by atoms with E-state index in [4.69, 9.17) is 10.7 Å². The highest BCUT2D eigenvalue weighted by Crippen LogP contribution is 2.33. The second kappa shape index (κ2) is 6.54. The molecule has 0 fully saturated rings. The second-order valence-corrected chi connectivity index (χ2v) is 8.43. The van der Waals surface area contributed by atoms with Crippen molar-refractivity contribution < 1.29 is 0 Å². The van der Waals surface area contributed by atoms with Crippen LogP contribution in [0, 0.1) is 11.3 Å². The van der Waals surface area contributed by atoms with Crippen LogP contribution >= 0.6 is 27.3 Å². The normalized spacial score (nSPS) is 13.8. The third-order valence-electron chi connectivity index (χ3n) is 3.84. The molecule has 0 amide bonds. The van der Waals surface area contributed by atoms with Gasteiger partial charge in [0.15, 0.2) is 0 Å². The molecule has 110 valence electrons. The fraction of sp³-hybridized carbons (Fsp3) is 0.562. The summed E-state index contributed by atoms with van der Waals surface area (Å²) >= 11 is 5.31. The van der Waals surface area contributed by atoms with Gasteiger partial charge < -0.3 is 5.73 Å². The molecule has 0 spiro atoms. The number of aryl methyl sites for hydroxylation is 1. The molecule has 4 heteroatoms. The van der Waals surface area contributed by atoms with Gasteiger partial charge in [-0.3, -0.25) is 0 Å². The number of benzene rings is 1. The number of halogens is 1. The number of nitrogens with zero attached hydrogens (tertiary/aromatic N) is 1. The van der Waals surface area contributed by atoms with Crippen LogP contribution < -0.4 is 5.73 Å². The first-order chi connectivity index (χ1) is 9.40. The van der Waals surface area contributed by atoms with E-state index in [1.165, 1.54) is 16.1 Å². The second-order valence-electron chi connectivity index (χ2n) is 6.40. The van der Waals surface area contributed by atoms with Gasteiger partial charge in [-0.25, -0.2) is 4.98 Å². The number of aromatic nitrogens is 1. The number of thiazole rings is 1. The molecular weight excluding hydrogens is 332 g/mol. The van der Waals surface area contributed by atoms with Gasteiger partial charge in [-0.15, -0.1) is 11.3 Å². The third-order valence-corrected chi connectivity index (χ3v) is 5.43. The van der Waals surface area contributed by atoms with Crippen LogP contribution in [0.25, 0.3) is 10.2 Å². The van der Waals surface area contributed by atoms with Gasteiger partial charge in [0.05, 0.1) is 15.2 Å². The molecule has 2 N–H and O–H groups in total. The maximum Gasteiger partial charge on any atom is 0.0938 e. The van der Waals surface area contributed by atoms with Gasteiger partial charge in [0, 0.05) is 4.47 Å². The van der Waals surface area contributed by atoms with Gasteiger partial charge in [0.25, 0.3) is 0 Å². The first-order valence-electron chi connectivity index (χ1n) is 7.15. The van der Waals surface area contributed by atoms with Gasteiger partial charge in [-0.2, -0.15) is 0 Å². The lowest BCUT2D eigenvalue weighted by molar-refractivity contribution is 0.215. The predicted octanol–water partition coefficient (Wildman–Crippen LogP) is 5.00. The topological polar surface area (TPSA) is 38.9 Å². The van der Waals surface area contributed by atoms with Gasteiger partial charge >= 0.3 is 0 Å². The van der Waals surface area contributed by atoms with Crippen LogP contribution in [-0.4, -0.2) is 11.5 Å². The standard InChI is InChI=1S/C16H23BrN2S/c1-16(2,3)11(8-9-18)4-7-15-19-13-10-12(17)5-6-14(13)20-15/h5-6,10-11H,4,7-9,18H2,1-3H3. The Bertz CT molecular complexity index is 571. The summed E-state index contributed by atoms with van der Waals surface area (Å²) in [6.45, 7) is 7.70. The van der Waals surface area contributed by atoms with Crippen molar-refractivity contribution in [3.8, 4) is 0 Å². The van der Waals surface area contributed by atoms with E-state index in [-0.39, 0.29) is 0 Å². The summed E-state index contributed by atoms with van der Waals surface area (Å²) < 4.78 is 2.37. The van der Waals surface area contributed by atoms with Crippen molar-refractivity contribution in [2.24, 2.45) is 17.1 Å². The minimum Gasteiger partial charge on any atom is -0.330 e.